The van der Waals surface area contributed by atoms with Gasteiger partial charge >= 0.3 is 0 Å². The first-order valence-electron chi connectivity index (χ1n) is 9.42. The molecule has 1 aliphatic rings. The molecule has 1 aliphatic heterocycles. The third kappa shape index (κ3) is 5.94. The molecule has 27 heavy (non-hydrogen) atoms. The largest absolute Gasteiger partial charge is 0.497 e. The van der Waals surface area contributed by atoms with Crippen LogP contribution in [0.4, 0.5) is 0 Å². The van der Waals surface area contributed by atoms with Crippen molar-refractivity contribution in [3.63, 3.8) is 0 Å². The third-order valence-electron chi connectivity index (χ3n) is 4.88. The molecule has 0 bridgehead atoms. The number of aryl methyl sites for hydroxylation is 1. The SMILES string of the molecule is CCNC(=O)[C@@H]1C[C@@H](NC(=O)CCOC)CN1Cc1ccc(OC)cc1C. The van der Waals surface area contributed by atoms with Gasteiger partial charge in [-0.2, -0.15) is 0 Å². The molecule has 7 nitrogen and oxygen atoms in total. The number of rotatable bonds is 9. The summed E-state index contributed by atoms with van der Waals surface area (Å²) in [6.07, 6.45) is 0.941. The van der Waals surface area contributed by atoms with E-state index >= 15 is 0 Å². The molecule has 1 saturated heterocycles. The Morgan fingerprint density at radius 3 is 2.70 bits per heavy atom. The summed E-state index contributed by atoms with van der Waals surface area (Å²) < 4.78 is 10.2. The minimum absolute atomic E-state index is 0.0114. The van der Waals surface area contributed by atoms with Gasteiger partial charge in [0.05, 0.1) is 19.8 Å². The molecular formula is C20H31N3O4. The Bertz CT molecular complexity index is 650. The number of carbonyl (C=O) groups excluding carboxylic acids is 2. The number of nitrogens with one attached hydrogen (secondary N) is 2. The highest BCUT2D eigenvalue weighted by atomic mass is 16.5. The van der Waals surface area contributed by atoms with Crippen molar-refractivity contribution in [2.75, 3.05) is 33.9 Å². The van der Waals surface area contributed by atoms with Gasteiger partial charge in [0.1, 0.15) is 5.75 Å². The summed E-state index contributed by atoms with van der Waals surface area (Å²) in [5, 5.41) is 5.94. The molecule has 0 saturated carbocycles. The molecule has 1 heterocycles. The van der Waals surface area contributed by atoms with Crippen molar-refractivity contribution in [3.8, 4) is 5.75 Å². The van der Waals surface area contributed by atoms with Crippen LogP contribution in [0.1, 0.15) is 30.9 Å². The van der Waals surface area contributed by atoms with E-state index in [2.05, 4.69) is 15.5 Å². The number of methoxy groups -OCH3 is 2. The van der Waals surface area contributed by atoms with Gasteiger partial charge < -0.3 is 20.1 Å². The van der Waals surface area contributed by atoms with Crippen LogP contribution < -0.4 is 15.4 Å². The average Bonchev–Trinajstić information content (AvgIpc) is 3.04. The molecule has 0 aliphatic carbocycles. The number of benzene rings is 1. The first-order valence-corrected chi connectivity index (χ1v) is 9.42. The van der Waals surface area contributed by atoms with Crippen LogP contribution in [0.5, 0.6) is 5.75 Å². The van der Waals surface area contributed by atoms with Crippen molar-refractivity contribution in [1.82, 2.24) is 15.5 Å². The van der Waals surface area contributed by atoms with Crippen molar-refractivity contribution in [2.24, 2.45) is 0 Å². The summed E-state index contributed by atoms with van der Waals surface area (Å²) in [4.78, 5) is 26.7. The van der Waals surface area contributed by atoms with E-state index in [1.165, 1.54) is 0 Å². The minimum atomic E-state index is -0.251. The van der Waals surface area contributed by atoms with Gasteiger partial charge in [-0.3, -0.25) is 14.5 Å². The van der Waals surface area contributed by atoms with E-state index in [9.17, 15) is 9.59 Å². The van der Waals surface area contributed by atoms with Gasteiger partial charge in [0.15, 0.2) is 0 Å². The smallest absolute Gasteiger partial charge is 0.237 e. The first kappa shape index (κ1) is 21.2. The van der Waals surface area contributed by atoms with Crippen LogP contribution in [0.15, 0.2) is 18.2 Å². The Morgan fingerprint density at radius 1 is 1.30 bits per heavy atom. The van der Waals surface area contributed by atoms with E-state index in [0.29, 0.717) is 39.1 Å². The molecule has 0 radical (unpaired) electrons. The van der Waals surface area contributed by atoms with Crippen LogP contribution in [-0.4, -0.2) is 62.7 Å². The van der Waals surface area contributed by atoms with Gasteiger partial charge in [0.25, 0.3) is 0 Å². The molecule has 150 valence electrons. The maximum absolute atomic E-state index is 12.5. The lowest BCUT2D eigenvalue weighted by Crippen LogP contribution is -2.42. The van der Waals surface area contributed by atoms with Gasteiger partial charge in [0, 0.05) is 39.2 Å². The number of ether oxygens (including phenoxy) is 2. The summed E-state index contributed by atoms with van der Waals surface area (Å²) in [6.45, 7) is 6.24. The van der Waals surface area contributed by atoms with E-state index < -0.39 is 0 Å². The van der Waals surface area contributed by atoms with Crippen LogP contribution in [0.3, 0.4) is 0 Å². The first-order chi connectivity index (χ1) is 13.0. The van der Waals surface area contributed by atoms with E-state index in [0.717, 1.165) is 16.9 Å². The highest BCUT2D eigenvalue weighted by molar-refractivity contribution is 5.82. The maximum Gasteiger partial charge on any atom is 0.237 e. The van der Waals surface area contributed by atoms with Gasteiger partial charge in [-0.05, 0) is 43.5 Å². The Hall–Kier alpha value is -2.12. The standard InChI is InChI=1S/C20H31N3O4/c1-5-21-20(25)18-11-16(22-19(24)8-9-26-3)13-23(18)12-15-6-7-17(27-4)10-14(15)2/h6-7,10,16,18H,5,8-9,11-13H2,1-4H3,(H,21,25)(H,22,24)/t16-,18+/m1/s1. The number of likely N-dealkylation sites (tertiary alicyclic amines) is 1. The summed E-state index contributed by atoms with van der Waals surface area (Å²) in [5.41, 5.74) is 2.27. The van der Waals surface area contributed by atoms with Gasteiger partial charge in [0.2, 0.25) is 11.8 Å². The molecule has 2 amide bonds. The van der Waals surface area contributed by atoms with E-state index in [1.54, 1.807) is 14.2 Å². The lowest BCUT2D eigenvalue weighted by Gasteiger charge is -2.24. The maximum atomic E-state index is 12.5. The number of nitrogens with zero attached hydrogens (tertiary/aromatic N) is 1. The van der Waals surface area contributed by atoms with Crippen molar-refractivity contribution in [3.05, 3.63) is 29.3 Å². The fourth-order valence-electron chi connectivity index (χ4n) is 3.43. The molecule has 2 atom stereocenters. The Labute approximate surface area is 161 Å². The summed E-state index contributed by atoms with van der Waals surface area (Å²) >= 11 is 0. The van der Waals surface area contributed by atoms with E-state index in [-0.39, 0.29) is 23.9 Å². The Morgan fingerprint density at radius 2 is 2.07 bits per heavy atom. The molecule has 7 heteroatoms. The van der Waals surface area contributed by atoms with Crippen LogP contribution in [0.2, 0.25) is 0 Å². The molecule has 2 N–H and O–H groups in total. The fourth-order valence-corrected chi connectivity index (χ4v) is 3.43. The lowest BCUT2D eigenvalue weighted by molar-refractivity contribution is -0.126. The zero-order chi connectivity index (χ0) is 19.8. The second kappa shape index (κ2) is 10.3. The topological polar surface area (TPSA) is 79.9 Å². The average molecular weight is 377 g/mol. The fraction of sp³-hybridized carbons (Fsp3) is 0.600. The van der Waals surface area contributed by atoms with Gasteiger partial charge in [-0.25, -0.2) is 0 Å². The van der Waals surface area contributed by atoms with Gasteiger partial charge in [-0.15, -0.1) is 0 Å². The predicted molar refractivity (Wildman–Crippen MR) is 104 cm³/mol. The molecule has 0 unspecified atom stereocenters. The zero-order valence-electron chi connectivity index (χ0n) is 16.7. The quantitative estimate of drug-likeness (QED) is 0.677. The van der Waals surface area contributed by atoms with Gasteiger partial charge in [-0.1, -0.05) is 6.07 Å². The van der Waals surface area contributed by atoms with Crippen molar-refractivity contribution < 1.29 is 19.1 Å². The molecular weight excluding hydrogens is 346 g/mol. The highest BCUT2D eigenvalue weighted by Gasteiger charge is 2.37. The van der Waals surface area contributed by atoms with Crippen LogP contribution in [0.25, 0.3) is 0 Å². The lowest BCUT2D eigenvalue weighted by atomic mass is 10.1. The molecule has 1 aromatic carbocycles. The van der Waals surface area contributed by atoms with Crippen molar-refractivity contribution >= 4 is 11.8 Å². The second-order valence-electron chi connectivity index (χ2n) is 6.88. The predicted octanol–water partition coefficient (Wildman–Crippen LogP) is 1.24. The summed E-state index contributed by atoms with van der Waals surface area (Å²) in [6, 6.07) is 5.67. The van der Waals surface area contributed by atoms with E-state index in [1.807, 2.05) is 32.0 Å². The monoisotopic (exact) mass is 377 g/mol. The molecule has 1 fully saturated rings. The van der Waals surface area contributed by atoms with Crippen LogP contribution in [-0.2, 0) is 20.9 Å². The number of carbonyl (C=O) groups is 2. The number of likely N-dealkylation sites (N-methyl/N-ethyl adjacent to an activating group) is 1. The number of amides is 2. The molecule has 0 aromatic heterocycles. The number of hydrogen-bond donors (Lipinski definition) is 2. The Balaban J connectivity index is 2.08. The van der Waals surface area contributed by atoms with Crippen LogP contribution >= 0.6 is 0 Å². The zero-order valence-corrected chi connectivity index (χ0v) is 16.7. The molecule has 1 aromatic rings. The second-order valence-corrected chi connectivity index (χ2v) is 6.88. The van der Waals surface area contributed by atoms with E-state index in [4.69, 9.17) is 9.47 Å². The Kier molecular flexibility index (Phi) is 8.06. The summed E-state index contributed by atoms with van der Waals surface area (Å²) in [7, 11) is 3.23. The molecule has 0 spiro atoms. The molecule has 2 rings (SSSR count). The van der Waals surface area contributed by atoms with Crippen molar-refractivity contribution in [1.29, 1.82) is 0 Å². The highest BCUT2D eigenvalue weighted by Crippen LogP contribution is 2.24. The van der Waals surface area contributed by atoms with Crippen molar-refractivity contribution in [2.45, 2.75) is 45.3 Å². The summed E-state index contributed by atoms with van der Waals surface area (Å²) in [5.74, 6) is 0.789. The normalized spacial score (nSPS) is 19.7. The third-order valence-corrected chi connectivity index (χ3v) is 4.88. The number of hydrogen-bond acceptors (Lipinski definition) is 5. The minimum Gasteiger partial charge on any atom is -0.497 e. The van der Waals surface area contributed by atoms with Crippen LogP contribution in [0, 0.1) is 6.92 Å².